The molecule has 89 heavy (non-hydrogen) atoms. The van der Waals surface area contributed by atoms with Crippen LogP contribution in [0.5, 0.6) is 0 Å². The number of aliphatic carboxylic acids is 1. The van der Waals surface area contributed by atoms with Gasteiger partial charge in [0, 0.05) is 12.8 Å². The van der Waals surface area contributed by atoms with Crippen molar-refractivity contribution in [2.75, 3.05) is 47.5 Å². The fourth-order valence-corrected chi connectivity index (χ4v) is 11.7. The van der Waals surface area contributed by atoms with Crippen LogP contribution in [-0.4, -0.2) is 87.4 Å². The SMILES string of the molecule is CC/C=C\C/C=C\C/C=C\C/C=C\CCCCCCCCCCCCCCCCCCCCCCCCCCCCC(=O)OC(COC(=O)CCCCCCCCCCCCCCCCCCCCCCCCCCC)COC(OCC[N+](C)(C)C)C(=O)O. The molecule has 0 heterocycles. The van der Waals surface area contributed by atoms with Gasteiger partial charge in [0.1, 0.15) is 13.2 Å². The zero-order valence-corrected chi connectivity index (χ0v) is 59.9. The Hall–Kier alpha value is -2.75. The van der Waals surface area contributed by atoms with E-state index >= 15 is 0 Å². The van der Waals surface area contributed by atoms with Crippen molar-refractivity contribution in [2.45, 2.75) is 399 Å². The summed E-state index contributed by atoms with van der Waals surface area (Å²) >= 11 is 0. The summed E-state index contributed by atoms with van der Waals surface area (Å²) in [5, 5.41) is 9.76. The summed E-state index contributed by atoms with van der Waals surface area (Å²) < 4.78 is 23.0. The number of esters is 2. The van der Waals surface area contributed by atoms with Crippen LogP contribution in [-0.2, 0) is 33.3 Å². The predicted octanol–water partition coefficient (Wildman–Crippen LogP) is 24.5. The molecule has 2 atom stereocenters. The largest absolute Gasteiger partial charge is 0.477 e. The van der Waals surface area contributed by atoms with Crippen LogP contribution in [0.2, 0.25) is 0 Å². The second-order valence-electron chi connectivity index (χ2n) is 27.7. The van der Waals surface area contributed by atoms with Gasteiger partial charge in [0.15, 0.2) is 6.10 Å². The molecule has 0 aliphatic heterocycles. The number of unbranched alkanes of at least 4 members (excludes halogenated alkanes) is 50. The molecule has 0 spiro atoms. The number of ether oxygens (including phenoxy) is 4. The summed E-state index contributed by atoms with van der Waals surface area (Å²) in [5.41, 5.74) is 0. The molecule has 0 saturated carbocycles. The third-order valence-electron chi connectivity index (χ3n) is 17.6. The molecule has 0 aromatic heterocycles. The third-order valence-corrected chi connectivity index (χ3v) is 17.6. The second-order valence-corrected chi connectivity index (χ2v) is 27.7. The smallest absolute Gasteiger partial charge is 0.361 e. The molecular weight excluding hydrogens is 1100 g/mol. The summed E-state index contributed by atoms with van der Waals surface area (Å²) in [6, 6.07) is 0. The van der Waals surface area contributed by atoms with Crippen molar-refractivity contribution in [3.8, 4) is 0 Å². The van der Waals surface area contributed by atoms with E-state index < -0.39 is 18.4 Å². The van der Waals surface area contributed by atoms with E-state index in [9.17, 15) is 19.5 Å². The highest BCUT2D eigenvalue weighted by molar-refractivity contribution is 5.71. The minimum Gasteiger partial charge on any atom is -0.477 e. The van der Waals surface area contributed by atoms with Gasteiger partial charge in [0.2, 0.25) is 0 Å². The standard InChI is InChI=1S/C80H149NO8/c1-6-8-10-12-14-16-18-20-22-24-26-28-30-32-33-34-35-36-37-38-39-40-41-42-43-44-45-47-49-51-53-55-57-59-61-63-65-67-69-71-78(83)89-76(75-88-80(79(84)85)86-73-72-81(3,4)5)74-87-77(82)70-68-66-64-62-60-58-56-54-52-50-48-46-31-29-27-25-23-21-19-17-15-13-11-9-7-2/h8,10,14,16,20,22,26,28,76,80H,6-7,9,11-13,15,17-19,21,23-25,27,29-75H2,1-5H3/p+1/b10-8-,16-14-,22-20-,28-26-. The Bertz CT molecular complexity index is 1600. The van der Waals surface area contributed by atoms with Crippen LogP contribution < -0.4 is 0 Å². The fourth-order valence-electron chi connectivity index (χ4n) is 11.7. The van der Waals surface area contributed by atoms with Gasteiger partial charge < -0.3 is 28.5 Å². The molecule has 9 heteroatoms. The molecule has 0 bridgehead atoms. The van der Waals surface area contributed by atoms with Gasteiger partial charge in [-0.05, 0) is 51.4 Å². The number of carbonyl (C=O) groups is 3. The summed E-state index contributed by atoms with van der Waals surface area (Å²) in [5.74, 6) is -1.97. The molecule has 1 N–H and O–H groups in total. The average molecular weight is 1250 g/mol. The molecule has 9 nitrogen and oxygen atoms in total. The number of carbonyl (C=O) groups excluding carboxylic acids is 2. The van der Waals surface area contributed by atoms with Gasteiger partial charge in [0.25, 0.3) is 6.29 Å². The Kier molecular flexibility index (Phi) is 68.9. The second kappa shape index (κ2) is 71.1. The number of nitrogens with zero attached hydrogens (tertiary/aromatic N) is 1. The van der Waals surface area contributed by atoms with Gasteiger partial charge in [-0.2, -0.15) is 0 Å². The number of quaternary nitrogens is 1. The Morgan fingerprint density at radius 2 is 0.640 bits per heavy atom. The minimum absolute atomic E-state index is 0.174. The molecule has 0 fully saturated rings. The highest BCUT2D eigenvalue weighted by Gasteiger charge is 2.25. The van der Waals surface area contributed by atoms with Crippen molar-refractivity contribution >= 4 is 17.9 Å². The number of hydrogen-bond acceptors (Lipinski definition) is 7. The van der Waals surface area contributed by atoms with Gasteiger partial charge >= 0.3 is 17.9 Å². The van der Waals surface area contributed by atoms with Crippen molar-refractivity contribution in [3.63, 3.8) is 0 Å². The van der Waals surface area contributed by atoms with Crippen molar-refractivity contribution in [2.24, 2.45) is 0 Å². The lowest BCUT2D eigenvalue weighted by Crippen LogP contribution is -2.40. The topological polar surface area (TPSA) is 108 Å². The van der Waals surface area contributed by atoms with E-state index in [1.54, 1.807) is 0 Å². The van der Waals surface area contributed by atoms with Crippen LogP contribution in [0.3, 0.4) is 0 Å². The highest BCUT2D eigenvalue weighted by Crippen LogP contribution is 2.20. The molecular formula is C80H150NO8+. The molecule has 0 amide bonds. The monoisotopic (exact) mass is 1250 g/mol. The van der Waals surface area contributed by atoms with E-state index in [0.717, 1.165) is 64.2 Å². The number of hydrogen-bond donors (Lipinski definition) is 1. The molecule has 0 aromatic rings. The zero-order valence-electron chi connectivity index (χ0n) is 59.9. The molecule has 0 saturated heterocycles. The Morgan fingerprint density at radius 1 is 0.348 bits per heavy atom. The van der Waals surface area contributed by atoms with E-state index in [2.05, 4.69) is 62.5 Å². The van der Waals surface area contributed by atoms with Crippen LogP contribution in [0.25, 0.3) is 0 Å². The highest BCUT2D eigenvalue weighted by atomic mass is 16.7. The lowest BCUT2D eigenvalue weighted by molar-refractivity contribution is -0.870. The van der Waals surface area contributed by atoms with E-state index in [1.165, 1.54) is 295 Å². The van der Waals surface area contributed by atoms with Crippen molar-refractivity contribution in [1.82, 2.24) is 0 Å². The summed E-state index contributed by atoms with van der Waals surface area (Å²) in [4.78, 5) is 37.7. The predicted molar refractivity (Wildman–Crippen MR) is 383 cm³/mol. The van der Waals surface area contributed by atoms with Crippen molar-refractivity contribution in [3.05, 3.63) is 48.6 Å². The van der Waals surface area contributed by atoms with Crippen LogP contribution in [0.4, 0.5) is 0 Å². The van der Waals surface area contributed by atoms with Crippen LogP contribution >= 0.6 is 0 Å². The van der Waals surface area contributed by atoms with Gasteiger partial charge in [-0.1, -0.05) is 371 Å². The molecule has 0 aliphatic carbocycles. The number of likely N-dealkylation sites (N-methyl/N-ethyl adjacent to an activating group) is 1. The Labute approximate surface area is 553 Å². The van der Waals surface area contributed by atoms with E-state index in [1.807, 2.05) is 21.1 Å². The first-order chi connectivity index (χ1) is 43.6. The average Bonchev–Trinajstić information content (AvgIpc) is 3.64. The molecule has 0 radical (unpaired) electrons. The van der Waals surface area contributed by atoms with E-state index in [0.29, 0.717) is 17.4 Å². The van der Waals surface area contributed by atoms with Gasteiger partial charge in [-0.3, -0.25) is 9.59 Å². The minimum atomic E-state index is -1.51. The number of carboxylic acid groups (broad SMARTS) is 1. The first-order valence-corrected chi connectivity index (χ1v) is 38.8. The maximum atomic E-state index is 13.0. The van der Waals surface area contributed by atoms with Crippen LogP contribution in [0.15, 0.2) is 48.6 Å². The third kappa shape index (κ3) is 72.5. The van der Waals surface area contributed by atoms with E-state index in [4.69, 9.17) is 18.9 Å². The van der Waals surface area contributed by atoms with Crippen molar-refractivity contribution < 1.29 is 42.9 Å². The first-order valence-electron chi connectivity index (χ1n) is 38.8. The summed E-state index contributed by atoms with van der Waals surface area (Å²) in [7, 11) is 6.00. The molecule has 2 unspecified atom stereocenters. The van der Waals surface area contributed by atoms with E-state index in [-0.39, 0.29) is 38.2 Å². The zero-order chi connectivity index (χ0) is 64.7. The number of rotatable bonds is 73. The Balaban J connectivity index is 3.95. The molecule has 0 aliphatic rings. The number of carboxylic acids is 1. The van der Waals surface area contributed by atoms with Gasteiger partial charge in [-0.15, -0.1) is 0 Å². The van der Waals surface area contributed by atoms with Crippen LogP contribution in [0.1, 0.15) is 386 Å². The Morgan fingerprint density at radius 3 is 0.955 bits per heavy atom. The quantitative estimate of drug-likeness (QED) is 0.0211. The maximum absolute atomic E-state index is 13.0. The van der Waals surface area contributed by atoms with Gasteiger partial charge in [-0.25, -0.2) is 4.79 Å². The lowest BCUT2D eigenvalue weighted by Gasteiger charge is -2.25. The first kappa shape index (κ1) is 86.2. The molecule has 0 rings (SSSR count). The molecule has 522 valence electrons. The van der Waals surface area contributed by atoms with Crippen molar-refractivity contribution in [1.29, 1.82) is 0 Å². The summed E-state index contributed by atoms with van der Waals surface area (Å²) in [6.07, 6.45) is 89.8. The van der Waals surface area contributed by atoms with Gasteiger partial charge in [0.05, 0.1) is 34.4 Å². The van der Waals surface area contributed by atoms with Crippen LogP contribution in [0, 0.1) is 0 Å². The normalized spacial score (nSPS) is 12.9. The number of allylic oxidation sites excluding steroid dienone is 8. The summed E-state index contributed by atoms with van der Waals surface area (Å²) in [6.45, 7) is 4.84. The fraction of sp³-hybridized carbons (Fsp3) is 0.863. The lowest BCUT2D eigenvalue weighted by atomic mass is 10.0. The molecule has 0 aromatic carbocycles. The maximum Gasteiger partial charge on any atom is 0.361 e.